The van der Waals surface area contributed by atoms with Crippen molar-refractivity contribution >= 4 is 93.4 Å². The number of nitrogens with one attached hydrogen (secondary N) is 8. The molecule has 3 aliphatic rings. The van der Waals surface area contributed by atoms with Crippen LogP contribution in [0.3, 0.4) is 0 Å². The highest BCUT2D eigenvalue weighted by atomic mass is 32.1. The molecule has 0 bridgehead atoms. The predicted molar refractivity (Wildman–Crippen MR) is 336 cm³/mol. The fourth-order valence-corrected chi connectivity index (χ4v) is 11.4. The number of unbranched alkanes of at least 4 members (excludes halogenated alkanes) is 1. The van der Waals surface area contributed by atoms with Crippen LogP contribution in [0.2, 0.25) is 0 Å². The molecule has 8 rings (SSSR count). The van der Waals surface area contributed by atoms with Gasteiger partial charge in [0, 0.05) is 60.1 Å². The van der Waals surface area contributed by atoms with Crippen LogP contribution in [-0.2, 0) is 55.1 Å². The molecule has 1 spiro atoms. The number of esters is 1. The van der Waals surface area contributed by atoms with E-state index in [1.54, 1.807) is 50.2 Å². The Morgan fingerprint density at radius 3 is 1.94 bits per heavy atom. The summed E-state index contributed by atoms with van der Waals surface area (Å²) in [4.78, 5) is 143. The van der Waals surface area contributed by atoms with Crippen molar-refractivity contribution in [3.05, 3.63) is 145 Å². The summed E-state index contributed by atoms with van der Waals surface area (Å²) in [6.45, 7) is 5.82. The van der Waals surface area contributed by atoms with Crippen LogP contribution in [0.4, 0.5) is 22.7 Å². The summed E-state index contributed by atoms with van der Waals surface area (Å²) in [6, 6.07) is 12.3. The van der Waals surface area contributed by atoms with Gasteiger partial charge in [0.25, 0.3) is 11.4 Å². The van der Waals surface area contributed by atoms with Gasteiger partial charge < -0.3 is 82.4 Å². The number of hydrogen-bond acceptors (Lipinski definition) is 20. The molecular formula is C62H67N11O20S. The number of benzene rings is 5. The minimum atomic E-state index is -1.83. The molecule has 3 heterocycles. The molecule has 1 saturated heterocycles. The largest absolute Gasteiger partial charge is 0.508 e. The highest BCUT2D eigenvalue weighted by Crippen LogP contribution is 2.57. The monoisotopic (exact) mass is 1320 g/mol. The van der Waals surface area contributed by atoms with Gasteiger partial charge in [0.1, 0.15) is 76.7 Å². The van der Waals surface area contributed by atoms with Crippen molar-refractivity contribution in [2.45, 2.75) is 121 Å². The number of non-ortho nitro benzene ring substituents is 1. The number of carboxylic acid groups (broad SMARTS) is 2. The van der Waals surface area contributed by atoms with Crippen molar-refractivity contribution in [3.8, 4) is 28.7 Å². The third-order valence-corrected chi connectivity index (χ3v) is 16.1. The number of rotatable bonds is 27. The van der Waals surface area contributed by atoms with Gasteiger partial charge in [-0.1, -0.05) is 26.0 Å². The van der Waals surface area contributed by atoms with Crippen LogP contribution in [0.25, 0.3) is 0 Å². The molecule has 5 aromatic rings. The number of anilines is 2. The number of nitrogens with zero attached hydrogens (tertiary/aromatic N) is 3. The Bertz CT molecular complexity index is 3800. The van der Waals surface area contributed by atoms with Gasteiger partial charge in [0.2, 0.25) is 35.4 Å². The van der Waals surface area contributed by atoms with Gasteiger partial charge in [-0.05, 0) is 130 Å². The SMILES string of the molecule is CC(NC(=O)C(NC(=O)C(Cc1ccc(O)cc1)NC(=S)Nc1ccc2c(c1)C1(OC2=O)c2ccc(O)cc2Oc2cc(O)ccc21)C(C)C)C(=O)NC(CC(=O)O)C(=O)NC(C)C(=O)N1CCCC1C(=O)NC(CCCCNc1ccc([N+](=O)[O-])cc1[N+](=O)[O-])C(=O)O. The maximum Gasteiger partial charge on any atom is 0.340 e. The van der Waals surface area contributed by atoms with Crippen molar-refractivity contribution in [2.75, 3.05) is 23.7 Å². The van der Waals surface area contributed by atoms with E-state index in [4.69, 9.17) is 21.7 Å². The summed E-state index contributed by atoms with van der Waals surface area (Å²) >= 11 is 5.76. The Balaban J connectivity index is 0.871. The molecular weight excluding hydrogens is 1250 g/mol. The van der Waals surface area contributed by atoms with Crippen LogP contribution >= 0.6 is 12.2 Å². The molecule has 7 unspecified atom stereocenters. The number of aromatic hydroxyl groups is 3. The number of phenolic OH excluding ortho intramolecular Hbond substituents is 3. The standard InChI is InChI=1S/C62H67N11O20S/c1-30(2)52(70-55(81)45(24-33-10-14-36(74)15-11-33)69-61(94)66-34-12-18-39-42(25-34)62(93-60(39)87)40-19-16-37(75)27-49(40)92-50-28-38(76)17-20-41(50)62)57(83)64-31(3)53(79)68-46(29-51(77)78)54(80)65-32(4)58(84)71-23-7-9-47(71)56(82)67-44(59(85)86)8-5-6-22-63-43-21-13-35(72(88)89)26-48(43)73(90)91/h10-21,25-28,30-32,44-47,52,63,74-76H,5-9,22-24,29H2,1-4H3,(H,64,83)(H,65,80)(H,67,82)(H,68,79)(H,70,81)(H,77,78)(H,85,86)(H2,66,69,94). The molecule has 13 N–H and O–H groups in total. The lowest BCUT2D eigenvalue weighted by atomic mass is 9.77. The highest BCUT2D eigenvalue weighted by Gasteiger charge is 2.54. The summed E-state index contributed by atoms with van der Waals surface area (Å²) in [6.07, 6.45) is -0.292. The van der Waals surface area contributed by atoms with E-state index in [-0.39, 0.29) is 90.3 Å². The molecule has 7 atom stereocenters. The number of carbonyl (C=O) groups is 9. The number of carbonyl (C=O) groups excluding carboxylic acids is 7. The summed E-state index contributed by atoms with van der Waals surface area (Å²) < 4.78 is 12.2. The fraction of sp³-hybridized carbons (Fsp3) is 0.355. The fourth-order valence-electron chi connectivity index (χ4n) is 11.1. The molecule has 3 aliphatic heterocycles. The number of carboxylic acids is 2. The van der Waals surface area contributed by atoms with Crippen LogP contribution < -0.4 is 47.3 Å². The summed E-state index contributed by atoms with van der Waals surface area (Å²) in [7, 11) is 0. The quantitative estimate of drug-likeness (QED) is 0.0116. The number of hydrogen-bond donors (Lipinski definition) is 13. The van der Waals surface area contributed by atoms with Gasteiger partial charge >= 0.3 is 17.9 Å². The lowest BCUT2D eigenvalue weighted by Crippen LogP contribution is -2.60. The highest BCUT2D eigenvalue weighted by molar-refractivity contribution is 7.80. The summed E-state index contributed by atoms with van der Waals surface area (Å²) in [5.74, 6) is -9.71. The van der Waals surface area contributed by atoms with Crippen LogP contribution in [0, 0.1) is 26.1 Å². The van der Waals surface area contributed by atoms with Crippen molar-refractivity contribution in [1.82, 2.24) is 36.8 Å². The number of aliphatic carboxylic acids is 2. The zero-order valence-corrected chi connectivity index (χ0v) is 51.6. The van der Waals surface area contributed by atoms with Crippen molar-refractivity contribution in [2.24, 2.45) is 5.92 Å². The first-order chi connectivity index (χ1) is 44.5. The third kappa shape index (κ3) is 15.9. The third-order valence-electron chi connectivity index (χ3n) is 15.8. The molecule has 94 heavy (non-hydrogen) atoms. The first-order valence-corrected chi connectivity index (χ1v) is 30.0. The number of nitro groups is 2. The Kier molecular flexibility index (Phi) is 21.5. The van der Waals surface area contributed by atoms with E-state index >= 15 is 0 Å². The summed E-state index contributed by atoms with van der Waals surface area (Å²) in [5.41, 5.74) is -0.515. The molecule has 6 amide bonds. The smallest absolute Gasteiger partial charge is 0.340 e. The normalized spacial score (nSPS) is 15.9. The second kappa shape index (κ2) is 29.4. The van der Waals surface area contributed by atoms with Gasteiger partial charge in [-0.15, -0.1) is 0 Å². The van der Waals surface area contributed by atoms with E-state index < -0.39 is 135 Å². The van der Waals surface area contributed by atoms with Gasteiger partial charge in [-0.3, -0.25) is 53.8 Å². The number of fused-ring (bicyclic) bond motifs is 6. The molecule has 32 heteroatoms. The number of thiocarbonyl (C=S) groups is 1. The Labute approximate surface area is 540 Å². The average Bonchev–Trinajstić information content (AvgIpc) is 1.46. The maximum absolute atomic E-state index is 14.4. The van der Waals surface area contributed by atoms with Crippen molar-refractivity contribution < 1.29 is 88.0 Å². The van der Waals surface area contributed by atoms with E-state index in [2.05, 4.69) is 42.5 Å². The minimum Gasteiger partial charge on any atom is -0.508 e. The second-order valence-corrected chi connectivity index (χ2v) is 23.3. The van der Waals surface area contributed by atoms with E-state index in [1.807, 2.05) is 0 Å². The Hall–Kier alpha value is -11.2. The average molecular weight is 1320 g/mol. The first-order valence-electron chi connectivity index (χ1n) is 29.6. The van der Waals surface area contributed by atoms with Crippen molar-refractivity contribution in [3.63, 3.8) is 0 Å². The topological polar surface area (TPSA) is 459 Å². The number of ether oxygens (including phenoxy) is 2. The number of likely N-dealkylation sites (tertiary alicyclic amines) is 1. The van der Waals surface area contributed by atoms with E-state index in [0.717, 1.165) is 17.0 Å². The van der Waals surface area contributed by atoms with Crippen LogP contribution in [0.15, 0.2) is 97.1 Å². The van der Waals surface area contributed by atoms with Gasteiger partial charge in [0.05, 0.1) is 27.9 Å². The molecule has 0 aromatic heterocycles. The first kappa shape index (κ1) is 68.7. The lowest BCUT2D eigenvalue weighted by molar-refractivity contribution is -0.393. The molecule has 0 radical (unpaired) electrons. The molecule has 1 fully saturated rings. The van der Waals surface area contributed by atoms with Gasteiger partial charge in [-0.2, -0.15) is 0 Å². The zero-order chi connectivity index (χ0) is 68.5. The molecule has 5 aromatic carbocycles. The molecule has 31 nitrogen and oxygen atoms in total. The number of nitro benzene ring substituents is 2. The van der Waals surface area contributed by atoms with E-state index in [0.29, 0.717) is 34.4 Å². The van der Waals surface area contributed by atoms with Crippen LogP contribution in [0.1, 0.15) is 98.8 Å². The molecule has 496 valence electrons. The van der Waals surface area contributed by atoms with Crippen molar-refractivity contribution in [1.29, 1.82) is 0 Å². The number of phenols is 3. The minimum absolute atomic E-state index is 0.00463. The Morgan fingerprint density at radius 1 is 0.681 bits per heavy atom. The van der Waals surface area contributed by atoms with Gasteiger partial charge in [-0.25, -0.2) is 9.59 Å². The molecule has 0 saturated carbocycles. The zero-order valence-electron chi connectivity index (χ0n) is 50.8. The second-order valence-electron chi connectivity index (χ2n) is 22.9. The van der Waals surface area contributed by atoms with Crippen LogP contribution in [-0.4, -0.2) is 154 Å². The van der Waals surface area contributed by atoms with Gasteiger partial charge in [0.15, 0.2) is 10.7 Å². The number of amides is 6. The predicted octanol–water partition coefficient (Wildman–Crippen LogP) is 4.04. The summed E-state index contributed by atoms with van der Waals surface area (Å²) in [5, 5.41) is 94.1. The molecule has 0 aliphatic carbocycles. The van der Waals surface area contributed by atoms with E-state index in [9.17, 15) is 88.9 Å². The Morgan fingerprint density at radius 2 is 1.32 bits per heavy atom. The van der Waals surface area contributed by atoms with Crippen LogP contribution in [0.5, 0.6) is 28.7 Å². The lowest BCUT2D eigenvalue weighted by Gasteiger charge is -2.36. The van der Waals surface area contributed by atoms with E-state index in [1.165, 1.54) is 62.4 Å². The maximum atomic E-state index is 14.4.